The van der Waals surface area contributed by atoms with Crippen molar-refractivity contribution >= 4 is 111 Å². The Kier molecular flexibility index (Phi) is 9.17. The Labute approximate surface area is 200 Å². The SMILES string of the molecule is O=S(=O)(Cl)c1c(S)c(S(=O)(=O)Cl)c(S(=O)(=O)Cl)c(S(=O)(=O)Cl)c1S(=O)(=O)Cl.[Zn+2]. The Morgan fingerprint density at radius 1 is 0.429 bits per heavy atom. The molecular formula is C6HCl5O10S6Zn+2. The first-order chi connectivity index (χ1) is 11.5. The van der Waals surface area contributed by atoms with Gasteiger partial charge in [0.2, 0.25) is 0 Å². The second kappa shape index (κ2) is 8.73. The molecule has 0 N–H and O–H groups in total. The van der Waals surface area contributed by atoms with E-state index in [2.05, 4.69) is 12.6 Å². The van der Waals surface area contributed by atoms with Gasteiger partial charge in [-0.15, -0.1) is 12.6 Å². The number of hydrogen-bond acceptors (Lipinski definition) is 11. The first kappa shape index (κ1) is 29.4. The normalized spacial score (nSPS) is 13.8. The van der Waals surface area contributed by atoms with E-state index < -0.39 is 74.6 Å². The summed E-state index contributed by atoms with van der Waals surface area (Å²) in [6.07, 6.45) is 0. The van der Waals surface area contributed by atoms with Crippen LogP contribution in [0.2, 0.25) is 0 Å². The predicted molar refractivity (Wildman–Crippen MR) is 98.9 cm³/mol. The molecular weight excluding hydrogens is 667 g/mol. The summed E-state index contributed by atoms with van der Waals surface area (Å²) < 4.78 is 118. The van der Waals surface area contributed by atoms with Crippen LogP contribution in [0.3, 0.4) is 0 Å². The molecule has 156 valence electrons. The van der Waals surface area contributed by atoms with Crippen molar-refractivity contribution in [3.63, 3.8) is 0 Å². The van der Waals surface area contributed by atoms with Crippen LogP contribution in [0.25, 0.3) is 0 Å². The molecule has 0 fully saturated rings. The zero-order chi connectivity index (χ0) is 22.0. The van der Waals surface area contributed by atoms with Crippen LogP contribution in [-0.2, 0) is 64.7 Å². The predicted octanol–water partition coefficient (Wildman–Crippen LogP) is 1.61. The topological polar surface area (TPSA) is 171 Å². The van der Waals surface area contributed by atoms with E-state index in [1.54, 1.807) is 0 Å². The minimum Gasteiger partial charge on any atom is -0.207 e. The molecule has 0 bridgehead atoms. The third-order valence-electron chi connectivity index (χ3n) is 2.47. The number of halogens is 5. The number of hydrogen-bond donors (Lipinski definition) is 1. The molecule has 10 nitrogen and oxygen atoms in total. The van der Waals surface area contributed by atoms with E-state index in [-0.39, 0.29) is 19.5 Å². The summed E-state index contributed by atoms with van der Waals surface area (Å²) in [4.78, 5) is -11.1. The first-order valence-electron chi connectivity index (χ1n) is 5.18. The molecule has 0 aliphatic rings. The summed E-state index contributed by atoms with van der Waals surface area (Å²) in [7, 11) is -2.04. The summed E-state index contributed by atoms with van der Waals surface area (Å²) in [5.74, 6) is 0. The van der Waals surface area contributed by atoms with Gasteiger partial charge >= 0.3 is 19.5 Å². The van der Waals surface area contributed by atoms with Crippen LogP contribution >= 0.6 is 66.0 Å². The van der Waals surface area contributed by atoms with E-state index in [9.17, 15) is 42.1 Å². The van der Waals surface area contributed by atoms with Gasteiger partial charge in [0.15, 0.2) is 0 Å². The maximum absolute atomic E-state index is 11.9. The zero-order valence-corrected chi connectivity index (χ0v) is 23.9. The third-order valence-corrected chi connectivity index (χ3v) is 10.5. The quantitative estimate of drug-likeness (QED) is 0.276. The van der Waals surface area contributed by atoms with Gasteiger partial charge in [-0.25, -0.2) is 42.1 Å². The summed E-state index contributed by atoms with van der Waals surface area (Å²) in [5.41, 5.74) is 0. The van der Waals surface area contributed by atoms with Crippen molar-refractivity contribution < 1.29 is 61.6 Å². The minimum atomic E-state index is -5.55. The van der Waals surface area contributed by atoms with Gasteiger partial charge in [0.1, 0.15) is 24.5 Å². The van der Waals surface area contributed by atoms with Crippen LogP contribution in [0.15, 0.2) is 29.4 Å². The summed E-state index contributed by atoms with van der Waals surface area (Å²) in [6.45, 7) is 0. The van der Waals surface area contributed by atoms with E-state index in [4.69, 9.17) is 53.4 Å². The molecule has 0 spiro atoms. The van der Waals surface area contributed by atoms with Crippen LogP contribution in [0.1, 0.15) is 0 Å². The van der Waals surface area contributed by atoms with Gasteiger partial charge in [0.05, 0.1) is 0 Å². The maximum Gasteiger partial charge on any atom is 2.00 e. The molecule has 0 radical (unpaired) electrons. The Morgan fingerprint density at radius 2 is 0.571 bits per heavy atom. The first-order valence-corrected chi connectivity index (χ1v) is 17.2. The van der Waals surface area contributed by atoms with Crippen molar-refractivity contribution in [2.75, 3.05) is 0 Å². The zero-order valence-electron chi connectivity index (χ0n) is 12.2. The van der Waals surface area contributed by atoms with Gasteiger partial charge in [-0.1, -0.05) is 0 Å². The molecule has 0 aliphatic heterocycles. The van der Waals surface area contributed by atoms with Crippen molar-refractivity contribution in [3.05, 3.63) is 0 Å². The second-order valence-corrected chi connectivity index (χ2v) is 17.1. The largest absolute Gasteiger partial charge is 2.00 e. The number of rotatable bonds is 5. The molecule has 0 saturated carbocycles. The Hall–Kier alpha value is 1.39. The Morgan fingerprint density at radius 3 is 0.714 bits per heavy atom. The van der Waals surface area contributed by atoms with E-state index in [0.717, 1.165) is 0 Å². The van der Waals surface area contributed by atoms with E-state index in [1.165, 1.54) is 0 Å². The molecule has 0 saturated heterocycles. The maximum atomic E-state index is 11.9. The molecule has 0 aliphatic carbocycles. The standard InChI is InChI=1S/C6HCl5O10S6.Zn/c7-23(12,13)2-1(22)3(24(8,14)15)5(26(10,18)19)6(27(11,20)21)4(2)25(9,16)17;/h22H;/q;+2. The molecule has 1 aromatic carbocycles. The van der Waals surface area contributed by atoms with Crippen LogP contribution in [0, 0.1) is 0 Å². The van der Waals surface area contributed by atoms with Crippen LogP contribution in [0.5, 0.6) is 0 Å². The minimum absolute atomic E-state index is 0. The van der Waals surface area contributed by atoms with Gasteiger partial charge < -0.3 is 0 Å². The summed E-state index contributed by atoms with van der Waals surface area (Å²) >= 11 is 3.43. The molecule has 0 unspecified atom stereocenters. The van der Waals surface area contributed by atoms with Crippen LogP contribution in [0.4, 0.5) is 0 Å². The van der Waals surface area contributed by atoms with Gasteiger partial charge in [-0.05, 0) is 0 Å². The molecule has 0 amide bonds. The monoisotopic (exact) mass is 664 g/mol. The van der Waals surface area contributed by atoms with E-state index in [1.807, 2.05) is 0 Å². The van der Waals surface area contributed by atoms with Gasteiger partial charge in [0.25, 0.3) is 45.3 Å². The van der Waals surface area contributed by atoms with Crippen molar-refractivity contribution in [2.24, 2.45) is 0 Å². The number of benzene rings is 1. The molecule has 28 heavy (non-hydrogen) atoms. The van der Waals surface area contributed by atoms with E-state index >= 15 is 0 Å². The molecule has 1 rings (SSSR count). The molecule has 22 heteroatoms. The van der Waals surface area contributed by atoms with Crippen LogP contribution < -0.4 is 0 Å². The summed E-state index contributed by atoms with van der Waals surface area (Å²) in [5, 5.41) is 0. The second-order valence-electron chi connectivity index (χ2n) is 4.18. The fourth-order valence-electron chi connectivity index (χ4n) is 1.74. The van der Waals surface area contributed by atoms with Gasteiger partial charge in [-0.2, -0.15) is 0 Å². The average Bonchev–Trinajstić information content (AvgIpc) is 2.29. The van der Waals surface area contributed by atoms with Crippen molar-refractivity contribution in [1.82, 2.24) is 0 Å². The van der Waals surface area contributed by atoms with Crippen LogP contribution in [-0.4, -0.2) is 42.1 Å². The van der Waals surface area contributed by atoms with E-state index in [0.29, 0.717) is 0 Å². The van der Waals surface area contributed by atoms with Crippen molar-refractivity contribution in [3.8, 4) is 0 Å². The Balaban J connectivity index is 0.00000729. The molecule has 0 atom stereocenters. The smallest absolute Gasteiger partial charge is 0.207 e. The molecule has 0 aromatic heterocycles. The Bertz CT molecular complexity index is 1290. The van der Waals surface area contributed by atoms with Crippen molar-refractivity contribution in [1.29, 1.82) is 0 Å². The van der Waals surface area contributed by atoms with Gasteiger partial charge in [0, 0.05) is 58.3 Å². The fourth-order valence-corrected chi connectivity index (χ4v) is 12.7. The number of thiol groups is 1. The van der Waals surface area contributed by atoms with Crippen molar-refractivity contribution in [2.45, 2.75) is 29.4 Å². The average molecular weight is 668 g/mol. The summed E-state index contributed by atoms with van der Waals surface area (Å²) in [6, 6.07) is 0. The molecule has 1 aromatic rings. The fraction of sp³-hybridized carbons (Fsp3) is 0. The third kappa shape index (κ3) is 6.22. The molecule has 0 heterocycles. The van der Waals surface area contributed by atoms with Gasteiger partial charge in [-0.3, -0.25) is 0 Å².